The van der Waals surface area contributed by atoms with Crippen LogP contribution in [0.25, 0.3) is 10.9 Å². The van der Waals surface area contributed by atoms with E-state index in [0.717, 1.165) is 61.3 Å². The molecule has 0 aliphatic carbocycles. The highest BCUT2D eigenvalue weighted by Gasteiger charge is 2.32. The van der Waals surface area contributed by atoms with Gasteiger partial charge >= 0.3 is 0 Å². The summed E-state index contributed by atoms with van der Waals surface area (Å²) in [6.07, 6.45) is 7.16. The molecule has 150 valence electrons. The lowest BCUT2D eigenvalue weighted by Crippen LogP contribution is -2.33. The average Bonchev–Trinajstić information content (AvgIpc) is 3.39. The number of para-hydroxylation sites is 1. The summed E-state index contributed by atoms with van der Waals surface area (Å²) in [6.45, 7) is 3.30. The molecule has 0 spiro atoms. The summed E-state index contributed by atoms with van der Waals surface area (Å²) >= 11 is 0. The van der Waals surface area contributed by atoms with Crippen molar-refractivity contribution in [2.75, 3.05) is 20.1 Å². The maximum Gasteiger partial charge on any atom is 0.225 e. The van der Waals surface area contributed by atoms with Crippen LogP contribution in [0.15, 0.2) is 36.7 Å². The number of aryl methyl sites for hydroxylation is 1. The topological polar surface area (TPSA) is 67.2 Å². The van der Waals surface area contributed by atoms with Crippen LogP contribution in [-0.2, 0) is 24.3 Å². The van der Waals surface area contributed by atoms with E-state index in [1.54, 1.807) is 0 Å². The molecular formula is C22H26N6O. The Kier molecular flexibility index (Phi) is 4.75. The first-order valence-corrected chi connectivity index (χ1v) is 10.4. The van der Waals surface area contributed by atoms with E-state index in [0.29, 0.717) is 13.0 Å². The van der Waals surface area contributed by atoms with Gasteiger partial charge in [-0.15, -0.1) is 0 Å². The van der Waals surface area contributed by atoms with Crippen LogP contribution < -0.4 is 0 Å². The Labute approximate surface area is 170 Å². The second-order valence-corrected chi connectivity index (χ2v) is 8.11. The van der Waals surface area contributed by atoms with Crippen molar-refractivity contribution in [1.82, 2.24) is 29.5 Å². The zero-order valence-corrected chi connectivity index (χ0v) is 16.8. The third-order valence-corrected chi connectivity index (χ3v) is 6.10. The molecule has 2 aliphatic heterocycles. The second-order valence-electron chi connectivity index (χ2n) is 8.11. The Hall–Kier alpha value is -2.80. The third kappa shape index (κ3) is 3.51. The third-order valence-electron chi connectivity index (χ3n) is 6.10. The van der Waals surface area contributed by atoms with Gasteiger partial charge in [0.2, 0.25) is 5.91 Å². The number of hydrogen-bond acceptors (Lipinski definition) is 5. The molecule has 29 heavy (non-hydrogen) atoms. The Bertz CT molecular complexity index is 1040. The monoisotopic (exact) mass is 390 g/mol. The van der Waals surface area contributed by atoms with E-state index in [9.17, 15) is 4.79 Å². The summed E-state index contributed by atoms with van der Waals surface area (Å²) in [6, 6.07) is 8.10. The second kappa shape index (κ2) is 7.55. The minimum absolute atomic E-state index is 0.00169. The SMILES string of the molecule is CN1CCc2nc([C@H]3CCCN3C(=O)CCn3ncc4ccccc43)ncc2C1. The van der Waals surface area contributed by atoms with Crippen LogP contribution in [0.2, 0.25) is 0 Å². The van der Waals surface area contributed by atoms with Gasteiger partial charge in [0.25, 0.3) is 0 Å². The van der Waals surface area contributed by atoms with Crippen molar-refractivity contribution < 1.29 is 4.79 Å². The zero-order chi connectivity index (χ0) is 19.8. The van der Waals surface area contributed by atoms with Gasteiger partial charge in [-0.05, 0) is 26.0 Å². The fraction of sp³-hybridized carbons (Fsp3) is 0.455. The molecule has 1 saturated heterocycles. The molecule has 0 saturated carbocycles. The maximum atomic E-state index is 13.0. The average molecular weight is 390 g/mol. The number of carbonyl (C=O) groups is 1. The van der Waals surface area contributed by atoms with Gasteiger partial charge in [0.15, 0.2) is 5.82 Å². The number of benzene rings is 1. The first kappa shape index (κ1) is 18.2. The molecule has 0 bridgehead atoms. The first-order valence-electron chi connectivity index (χ1n) is 10.4. The van der Waals surface area contributed by atoms with Crippen molar-refractivity contribution in [3.8, 4) is 0 Å². The van der Waals surface area contributed by atoms with Gasteiger partial charge < -0.3 is 9.80 Å². The van der Waals surface area contributed by atoms with Crippen LogP contribution in [0.5, 0.6) is 0 Å². The molecule has 7 heteroatoms. The fourth-order valence-electron chi connectivity index (χ4n) is 4.52. The highest BCUT2D eigenvalue weighted by Crippen LogP contribution is 2.31. The number of likely N-dealkylation sites (N-methyl/N-ethyl adjacent to an activating group) is 1. The molecule has 0 N–H and O–H groups in total. The van der Waals surface area contributed by atoms with Crippen LogP contribution in [-0.4, -0.2) is 55.6 Å². The Morgan fingerprint density at radius 2 is 2.10 bits per heavy atom. The molecular weight excluding hydrogens is 364 g/mol. The number of carbonyl (C=O) groups excluding carboxylic acids is 1. The van der Waals surface area contributed by atoms with Crippen molar-refractivity contribution in [1.29, 1.82) is 0 Å². The van der Waals surface area contributed by atoms with E-state index in [2.05, 4.69) is 22.0 Å². The van der Waals surface area contributed by atoms with Crippen LogP contribution >= 0.6 is 0 Å². The van der Waals surface area contributed by atoms with E-state index in [-0.39, 0.29) is 11.9 Å². The number of rotatable bonds is 4. The lowest BCUT2D eigenvalue weighted by atomic mass is 10.1. The number of nitrogens with zero attached hydrogens (tertiary/aromatic N) is 6. The zero-order valence-electron chi connectivity index (χ0n) is 16.8. The summed E-state index contributed by atoms with van der Waals surface area (Å²) in [5.41, 5.74) is 3.43. The number of hydrogen-bond donors (Lipinski definition) is 0. The van der Waals surface area contributed by atoms with Gasteiger partial charge in [-0.1, -0.05) is 18.2 Å². The largest absolute Gasteiger partial charge is 0.332 e. The number of aromatic nitrogens is 4. The van der Waals surface area contributed by atoms with Crippen molar-refractivity contribution in [3.05, 3.63) is 53.7 Å². The molecule has 5 rings (SSSR count). The van der Waals surface area contributed by atoms with Crippen molar-refractivity contribution in [2.24, 2.45) is 0 Å². The van der Waals surface area contributed by atoms with Crippen LogP contribution in [0.1, 0.15) is 42.4 Å². The number of fused-ring (bicyclic) bond motifs is 2. The lowest BCUT2D eigenvalue weighted by Gasteiger charge is -2.27. The quantitative estimate of drug-likeness (QED) is 0.685. The molecule has 1 atom stereocenters. The van der Waals surface area contributed by atoms with E-state index in [1.165, 1.54) is 5.56 Å². The minimum Gasteiger partial charge on any atom is -0.332 e. The predicted molar refractivity (Wildman–Crippen MR) is 110 cm³/mol. The lowest BCUT2D eigenvalue weighted by molar-refractivity contribution is -0.132. The van der Waals surface area contributed by atoms with E-state index >= 15 is 0 Å². The van der Waals surface area contributed by atoms with Crippen molar-refractivity contribution >= 4 is 16.8 Å². The fourth-order valence-corrected chi connectivity index (χ4v) is 4.52. The van der Waals surface area contributed by atoms with Crippen LogP contribution in [0.3, 0.4) is 0 Å². The highest BCUT2D eigenvalue weighted by atomic mass is 16.2. The molecule has 1 aromatic carbocycles. The first-order chi connectivity index (χ1) is 14.2. The van der Waals surface area contributed by atoms with Crippen LogP contribution in [0, 0.1) is 0 Å². The maximum absolute atomic E-state index is 13.0. The Balaban J connectivity index is 1.30. The van der Waals surface area contributed by atoms with Gasteiger partial charge in [-0.3, -0.25) is 9.48 Å². The summed E-state index contributed by atoms with van der Waals surface area (Å²) in [5, 5.41) is 5.55. The van der Waals surface area contributed by atoms with Gasteiger partial charge in [-0.25, -0.2) is 9.97 Å². The predicted octanol–water partition coefficient (Wildman–Crippen LogP) is 2.57. The summed E-state index contributed by atoms with van der Waals surface area (Å²) in [7, 11) is 2.12. The highest BCUT2D eigenvalue weighted by molar-refractivity contribution is 5.79. The van der Waals surface area contributed by atoms with E-state index in [4.69, 9.17) is 4.98 Å². The minimum atomic E-state index is 0.00169. The summed E-state index contributed by atoms with van der Waals surface area (Å²) in [4.78, 5) is 26.8. The molecule has 2 aliphatic rings. The molecule has 7 nitrogen and oxygen atoms in total. The Morgan fingerprint density at radius 1 is 1.21 bits per heavy atom. The smallest absolute Gasteiger partial charge is 0.225 e. The van der Waals surface area contributed by atoms with Gasteiger partial charge in [0.05, 0.1) is 24.3 Å². The number of likely N-dealkylation sites (tertiary alicyclic amines) is 1. The Morgan fingerprint density at radius 3 is 3.03 bits per heavy atom. The number of amides is 1. The van der Waals surface area contributed by atoms with E-state index in [1.807, 2.05) is 46.2 Å². The van der Waals surface area contributed by atoms with Gasteiger partial charge in [0, 0.05) is 55.3 Å². The molecule has 2 aromatic heterocycles. The summed E-state index contributed by atoms with van der Waals surface area (Å²) < 4.78 is 1.92. The van der Waals surface area contributed by atoms with Gasteiger partial charge in [-0.2, -0.15) is 5.10 Å². The molecule has 4 heterocycles. The van der Waals surface area contributed by atoms with Gasteiger partial charge in [0.1, 0.15) is 0 Å². The standard InChI is InChI=1S/C22H26N6O/c1-26-11-8-18-17(15-26)13-23-22(25-18)20-7-4-10-27(20)21(29)9-12-28-19-6-3-2-5-16(19)14-24-28/h2-3,5-6,13-14,20H,4,7-12,15H2,1H3/t20-/m1/s1. The molecule has 0 unspecified atom stereocenters. The van der Waals surface area contributed by atoms with E-state index < -0.39 is 0 Å². The van der Waals surface area contributed by atoms with Crippen molar-refractivity contribution in [3.63, 3.8) is 0 Å². The molecule has 1 fully saturated rings. The molecule has 1 amide bonds. The van der Waals surface area contributed by atoms with Crippen molar-refractivity contribution in [2.45, 2.75) is 44.8 Å². The molecule has 3 aromatic rings. The van der Waals surface area contributed by atoms with Crippen LogP contribution in [0.4, 0.5) is 0 Å². The molecule has 0 radical (unpaired) electrons. The normalized spacial score (nSPS) is 19.6. The summed E-state index contributed by atoms with van der Waals surface area (Å²) in [5.74, 6) is 0.969.